The van der Waals surface area contributed by atoms with Gasteiger partial charge in [0, 0.05) is 19.0 Å². The molecule has 102 valence electrons. The summed E-state index contributed by atoms with van der Waals surface area (Å²) in [5.41, 5.74) is 2.54. The molecule has 0 aromatic heterocycles. The molecule has 3 atom stereocenters. The summed E-state index contributed by atoms with van der Waals surface area (Å²) in [6.45, 7) is 0.650. The fraction of sp³-hybridized carbons (Fsp3) is 0.688. The summed E-state index contributed by atoms with van der Waals surface area (Å²) < 4.78 is 0. The summed E-state index contributed by atoms with van der Waals surface area (Å²) in [6.07, 6.45) is 11.3. The lowest BCUT2D eigenvalue weighted by Gasteiger charge is -2.57. The Labute approximate surface area is 113 Å². The van der Waals surface area contributed by atoms with Crippen LogP contribution in [0.4, 0.5) is 0 Å². The van der Waals surface area contributed by atoms with E-state index in [4.69, 9.17) is 0 Å². The maximum Gasteiger partial charge on any atom is 0.143 e. The average Bonchev–Trinajstić information content (AvgIpc) is 2.43. The first-order valence-electron chi connectivity index (χ1n) is 7.61. The molecule has 4 rings (SSSR count). The van der Waals surface area contributed by atoms with Crippen molar-refractivity contribution in [1.29, 1.82) is 0 Å². The fourth-order valence-electron chi connectivity index (χ4n) is 5.04. The molecule has 0 amide bonds. The molecule has 0 spiro atoms. The van der Waals surface area contributed by atoms with Gasteiger partial charge in [-0.25, -0.2) is 0 Å². The zero-order chi connectivity index (χ0) is 13.0. The Bertz CT molecular complexity index is 493. The molecule has 2 fully saturated rings. The predicted molar refractivity (Wildman–Crippen MR) is 71.7 cm³/mol. The normalized spacial score (nSPS) is 42.1. The van der Waals surface area contributed by atoms with Crippen molar-refractivity contribution in [1.82, 2.24) is 5.06 Å². The van der Waals surface area contributed by atoms with Crippen LogP contribution >= 0.6 is 0 Å². The van der Waals surface area contributed by atoms with E-state index >= 15 is 0 Å². The van der Waals surface area contributed by atoms with Gasteiger partial charge in [0.25, 0.3) is 0 Å². The monoisotopic (exact) mass is 259 g/mol. The Morgan fingerprint density at radius 3 is 3.16 bits per heavy atom. The first-order chi connectivity index (χ1) is 9.23. The lowest BCUT2D eigenvalue weighted by molar-refractivity contribution is -0.195. The number of allylic oxidation sites excluding steroid dienone is 3. The van der Waals surface area contributed by atoms with Gasteiger partial charge in [-0.2, -0.15) is 5.06 Å². The van der Waals surface area contributed by atoms with Gasteiger partial charge >= 0.3 is 0 Å². The molecule has 0 aromatic carbocycles. The van der Waals surface area contributed by atoms with Crippen LogP contribution in [0.15, 0.2) is 23.3 Å². The van der Waals surface area contributed by atoms with Crippen LogP contribution in [0.5, 0.6) is 0 Å². The number of hydrogen-bond donors (Lipinski definition) is 1. The van der Waals surface area contributed by atoms with Gasteiger partial charge in [-0.15, -0.1) is 0 Å². The number of carbonyl (C=O) groups excluding carboxylic acids is 1. The molecule has 0 radical (unpaired) electrons. The lowest BCUT2D eigenvalue weighted by Crippen LogP contribution is -2.60. The Balaban J connectivity index is 1.90. The van der Waals surface area contributed by atoms with E-state index in [2.05, 4.69) is 12.2 Å². The molecule has 3 heteroatoms. The van der Waals surface area contributed by atoms with E-state index in [0.717, 1.165) is 44.9 Å². The second-order valence-electron chi connectivity index (χ2n) is 6.54. The van der Waals surface area contributed by atoms with E-state index in [-0.39, 0.29) is 11.5 Å². The number of hydrogen-bond acceptors (Lipinski definition) is 3. The van der Waals surface area contributed by atoms with E-state index in [1.165, 1.54) is 16.2 Å². The second-order valence-corrected chi connectivity index (χ2v) is 6.54. The zero-order valence-corrected chi connectivity index (χ0v) is 11.3. The number of ketones is 1. The van der Waals surface area contributed by atoms with Gasteiger partial charge in [0.05, 0.1) is 5.41 Å². The smallest absolute Gasteiger partial charge is 0.143 e. The molecule has 4 aliphatic rings. The molecular weight excluding hydrogens is 238 g/mol. The Kier molecular flexibility index (Phi) is 2.52. The van der Waals surface area contributed by atoms with E-state index in [0.29, 0.717) is 18.2 Å². The maximum atomic E-state index is 12.8. The molecule has 1 N–H and O–H groups in total. The summed E-state index contributed by atoms with van der Waals surface area (Å²) in [7, 11) is 0. The number of hydroxylamine groups is 2. The zero-order valence-electron chi connectivity index (χ0n) is 11.3. The molecule has 1 saturated heterocycles. The number of rotatable bonds is 0. The van der Waals surface area contributed by atoms with Crippen molar-refractivity contribution in [3.05, 3.63) is 23.3 Å². The van der Waals surface area contributed by atoms with Crippen LogP contribution < -0.4 is 0 Å². The first-order valence-corrected chi connectivity index (χ1v) is 7.61. The summed E-state index contributed by atoms with van der Waals surface area (Å²) in [5, 5.41) is 11.7. The van der Waals surface area contributed by atoms with Gasteiger partial charge in [0.2, 0.25) is 0 Å². The van der Waals surface area contributed by atoms with Gasteiger partial charge < -0.3 is 5.21 Å². The molecule has 0 unspecified atom stereocenters. The van der Waals surface area contributed by atoms with Crippen LogP contribution in [-0.2, 0) is 4.79 Å². The Hall–Kier alpha value is -0.930. The molecule has 1 saturated carbocycles. The van der Waals surface area contributed by atoms with Gasteiger partial charge in [-0.05, 0) is 50.0 Å². The maximum absolute atomic E-state index is 12.8. The Morgan fingerprint density at radius 2 is 2.26 bits per heavy atom. The number of carbonyl (C=O) groups is 1. The van der Waals surface area contributed by atoms with Crippen molar-refractivity contribution in [2.75, 3.05) is 6.54 Å². The van der Waals surface area contributed by atoms with E-state index in [1.807, 2.05) is 0 Å². The van der Waals surface area contributed by atoms with Crippen LogP contribution in [0.1, 0.15) is 44.9 Å². The minimum absolute atomic E-state index is 0.184. The number of piperidine rings is 1. The fourth-order valence-corrected chi connectivity index (χ4v) is 5.04. The van der Waals surface area contributed by atoms with Crippen LogP contribution in [0.3, 0.4) is 0 Å². The van der Waals surface area contributed by atoms with Crippen LogP contribution in [-0.4, -0.2) is 28.6 Å². The van der Waals surface area contributed by atoms with Crippen molar-refractivity contribution < 1.29 is 10.0 Å². The minimum atomic E-state index is -0.243. The van der Waals surface area contributed by atoms with Gasteiger partial charge in [-0.3, -0.25) is 4.79 Å². The molecule has 19 heavy (non-hydrogen) atoms. The van der Waals surface area contributed by atoms with Crippen LogP contribution in [0.2, 0.25) is 0 Å². The summed E-state index contributed by atoms with van der Waals surface area (Å²) in [6, 6.07) is 0.184. The topological polar surface area (TPSA) is 40.5 Å². The van der Waals surface area contributed by atoms with Crippen molar-refractivity contribution in [3.8, 4) is 0 Å². The lowest BCUT2D eigenvalue weighted by atomic mass is 9.51. The molecule has 3 nitrogen and oxygen atoms in total. The molecule has 3 aliphatic carbocycles. The van der Waals surface area contributed by atoms with Crippen LogP contribution in [0, 0.1) is 11.3 Å². The molecule has 1 aliphatic heterocycles. The molecular formula is C16H21NO2. The van der Waals surface area contributed by atoms with Gasteiger partial charge in [0.1, 0.15) is 5.78 Å². The van der Waals surface area contributed by atoms with Crippen molar-refractivity contribution in [3.63, 3.8) is 0 Å². The summed E-state index contributed by atoms with van der Waals surface area (Å²) in [5.74, 6) is 0.787. The van der Waals surface area contributed by atoms with E-state index in [9.17, 15) is 10.0 Å². The van der Waals surface area contributed by atoms with E-state index < -0.39 is 0 Å². The second kappa shape index (κ2) is 4.03. The highest BCUT2D eigenvalue weighted by Crippen LogP contribution is 2.58. The van der Waals surface area contributed by atoms with Crippen molar-refractivity contribution >= 4 is 5.78 Å². The van der Waals surface area contributed by atoms with Gasteiger partial charge in [-0.1, -0.05) is 17.7 Å². The average molecular weight is 259 g/mol. The quantitative estimate of drug-likeness (QED) is 0.727. The standard InChI is InChI=1S/C16H21NO2/c18-15-7-3-6-13-14-10-11-4-1-2-5-12(11)16(13,15)8-9-17(14)19/h2,5,13-14,19H,1,3-4,6-10H2/t13-,14+,16+/m0/s1. The first kappa shape index (κ1) is 11.9. The number of Topliss-reactive ketones (excluding diaryl/α,β-unsaturated/α-hetero) is 1. The molecule has 1 heterocycles. The van der Waals surface area contributed by atoms with Gasteiger partial charge in [0.15, 0.2) is 0 Å². The number of nitrogens with zero attached hydrogens (tertiary/aromatic N) is 1. The summed E-state index contributed by atoms with van der Waals surface area (Å²) >= 11 is 0. The molecule has 2 bridgehead atoms. The third-order valence-corrected chi connectivity index (χ3v) is 5.85. The highest BCUT2D eigenvalue weighted by Gasteiger charge is 2.58. The summed E-state index contributed by atoms with van der Waals surface area (Å²) in [4.78, 5) is 12.8. The van der Waals surface area contributed by atoms with Crippen LogP contribution in [0.25, 0.3) is 0 Å². The predicted octanol–water partition coefficient (Wildman–Crippen LogP) is 2.86. The van der Waals surface area contributed by atoms with E-state index in [1.54, 1.807) is 0 Å². The molecule has 0 aromatic rings. The SMILES string of the molecule is O=C1CCC[C@H]2[C@H]3CC4=C(C=CCC4)[C@@]12CCN3O. The Morgan fingerprint density at radius 1 is 1.37 bits per heavy atom. The third-order valence-electron chi connectivity index (χ3n) is 5.85. The minimum Gasteiger partial charge on any atom is -0.314 e. The van der Waals surface area contributed by atoms with Crippen molar-refractivity contribution in [2.24, 2.45) is 11.3 Å². The third kappa shape index (κ3) is 1.43. The van der Waals surface area contributed by atoms with Crippen molar-refractivity contribution in [2.45, 2.75) is 51.0 Å². The highest BCUT2D eigenvalue weighted by atomic mass is 16.5. The largest absolute Gasteiger partial charge is 0.314 e. The highest BCUT2D eigenvalue weighted by molar-refractivity contribution is 5.90.